The minimum Gasteiger partial charge on any atom is -0.480 e. The molecular formula is C14H14F3N5O2. The van der Waals surface area contributed by atoms with Crippen LogP contribution in [0.25, 0.3) is 11.3 Å². The van der Waals surface area contributed by atoms with Crippen LogP contribution in [-0.2, 0) is 0 Å². The minimum absolute atomic E-state index is 0.00488. The summed E-state index contributed by atoms with van der Waals surface area (Å²) in [5.74, 6) is -1.94. The summed E-state index contributed by atoms with van der Waals surface area (Å²) in [4.78, 5) is 7.97. The number of hydrogen-bond acceptors (Lipinski definition) is 7. The van der Waals surface area contributed by atoms with E-state index in [9.17, 15) is 13.2 Å². The molecule has 0 saturated heterocycles. The molecule has 2 atom stereocenters. The van der Waals surface area contributed by atoms with Gasteiger partial charge in [-0.05, 0) is 18.4 Å². The normalized spacial score (nSPS) is 19.9. The largest absolute Gasteiger partial charge is 0.480 e. The van der Waals surface area contributed by atoms with Gasteiger partial charge in [-0.2, -0.15) is 18.2 Å². The molecule has 0 aliphatic heterocycles. The van der Waals surface area contributed by atoms with Crippen molar-refractivity contribution in [1.82, 2.24) is 20.2 Å². The molecule has 2 unspecified atom stereocenters. The van der Waals surface area contributed by atoms with Gasteiger partial charge in [0.15, 0.2) is 0 Å². The number of alkyl halides is 3. The highest BCUT2D eigenvalue weighted by atomic mass is 19.4. The number of halogens is 3. The van der Waals surface area contributed by atoms with Crippen molar-refractivity contribution in [1.29, 1.82) is 0 Å². The smallest absolute Gasteiger partial charge is 0.392 e. The average Bonchev–Trinajstić information content (AvgIpc) is 3.35. The second-order valence-corrected chi connectivity index (χ2v) is 5.34. The van der Waals surface area contributed by atoms with Gasteiger partial charge in [-0.3, -0.25) is 0 Å². The molecule has 2 aromatic heterocycles. The Morgan fingerprint density at radius 1 is 1.21 bits per heavy atom. The fraction of sp³-hybridized carbons (Fsp3) is 0.429. The lowest BCUT2D eigenvalue weighted by Crippen LogP contribution is -2.12. The van der Waals surface area contributed by atoms with Gasteiger partial charge in [0.05, 0.1) is 25.7 Å². The Balaban J connectivity index is 1.98. The van der Waals surface area contributed by atoms with Gasteiger partial charge in [-0.15, -0.1) is 10.2 Å². The van der Waals surface area contributed by atoms with Crippen LogP contribution in [0, 0.1) is 5.92 Å². The van der Waals surface area contributed by atoms with E-state index in [1.54, 1.807) is 0 Å². The summed E-state index contributed by atoms with van der Waals surface area (Å²) < 4.78 is 48.5. The predicted octanol–water partition coefficient (Wildman–Crippen LogP) is 2.20. The lowest BCUT2D eigenvalue weighted by molar-refractivity contribution is -0.148. The molecule has 0 radical (unpaired) electrons. The van der Waals surface area contributed by atoms with Crippen molar-refractivity contribution in [2.24, 2.45) is 5.92 Å². The predicted molar refractivity (Wildman–Crippen MR) is 77.5 cm³/mol. The van der Waals surface area contributed by atoms with Crippen LogP contribution in [0.5, 0.6) is 11.9 Å². The van der Waals surface area contributed by atoms with E-state index in [1.165, 1.54) is 26.5 Å². The number of nitrogen functional groups attached to an aromatic ring is 1. The van der Waals surface area contributed by atoms with Crippen molar-refractivity contribution in [3.05, 3.63) is 17.8 Å². The third-order valence-corrected chi connectivity index (χ3v) is 3.85. The van der Waals surface area contributed by atoms with E-state index in [1.807, 2.05) is 0 Å². The third kappa shape index (κ3) is 2.91. The number of nitrogens with zero attached hydrogens (tertiary/aromatic N) is 4. The van der Waals surface area contributed by atoms with E-state index in [2.05, 4.69) is 20.2 Å². The van der Waals surface area contributed by atoms with E-state index in [0.29, 0.717) is 11.1 Å². The molecule has 0 amide bonds. The first-order valence-electron chi connectivity index (χ1n) is 7.00. The Bertz CT molecular complexity index is 769. The molecule has 3 rings (SSSR count). The molecular weight excluding hydrogens is 327 g/mol. The van der Waals surface area contributed by atoms with Crippen LogP contribution in [-0.4, -0.2) is 40.6 Å². The highest BCUT2D eigenvalue weighted by Gasteiger charge is 2.56. The van der Waals surface area contributed by atoms with Crippen molar-refractivity contribution in [3.63, 3.8) is 0 Å². The summed E-state index contributed by atoms with van der Waals surface area (Å²) >= 11 is 0. The number of aromatic nitrogens is 4. The molecule has 1 saturated carbocycles. The molecule has 2 aromatic rings. The number of hydrogen-bond donors (Lipinski definition) is 1. The molecule has 10 heteroatoms. The first-order chi connectivity index (χ1) is 11.3. The number of anilines is 1. The summed E-state index contributed by atoms with van der Waals surface area (Å²) in [7, 11) is 2.80. The van der Waals surface area contributed by atoms with Gasteiger partial charge in [-0.1, -0.05) is 0 Å². The summed E-state index contributed by atoms with van der Waals surface area (Å²) in [5.41, 5.74) is 6.70. The zero-order valence-electron chi connectivity index (χ0n) is 12.8. The molecule has 0 aromatic carbocycles. The highest BCUT2D eigenvalue weighted by molar-refractivity contribution is 5.66. The highest BCUT2D eigenvalue weighted by Crippen LogP contribution is 2.57. The van der Waals surface area contributed by atoms with E-state index < -0.39 is 18.0 Å². The maximum Gasteiger partial charge on any atom is 0.392 e. The Labute approximate surface area is 135 Å². The first-order valence-corrected chi connectivity index (χ1v) is 7.00. The monoisotopic (exact) mass is 341 g/mol. The Kier molecular flexibility index (Phi) is 3.90. The number of ether oxygens (including phenoxy) is 2. The molecule has 0 spiro atoms. The quantitative estimate of drug-likeness (QED) is 0.910. The van der Waals surface area contributed by atoms with Crippen molar-refractivity contribution >= 4 is 5.82 Å². The lowest BCUT2D eigenvalue weighted by atomic mass is 10.1. The molecule has 24 heavy (non-hydrogen) atoms. The van der Waals surface area contributed by atoms with Crippen molar-refractivity contribution in [2.75, 3.05) is 20.0 Å². The van der Waals surface area contributed by atoms with Gasteiger partial charge in [-0.25, -0.2) is 4.98 Å². The van der Waals surface area contributed by atoms with Crippen LogP contribution >= 0.6 is 0 Å². The SMILES string of the molecule is COc1ncc(-c2cc(C3CC3C(F)(F)F)c(N)nn2)c(OC)n1. The van der Waals surface area contributed by atoms with Crippen LogP contribution in [0.4, 0.5) is 19.0 Å². The summed E-state index contributed by atoms with van der Waals surface area (Å²) in [6.45, 7) is 0. The van der Waals surface area contributed by atoms with E-state index >= 15 is 0 Å². The topological polar surface area (TPSA) is 96.0 Å². The molecule has 1 aliphatic carbocycles. The van der Waals surface area contributed by atoms with Gasteiger partial charge in [0.25, 0.3) is 0 Å². The fourth-order valence-corrected chi connectivity index (χ4v) is 2.53. The average molecular weight is 341 g/mol. The molecule has 128 valence electrons. The van der Waals surface area contributed by atoms with Crippen molar-refractivity contribution in [3.8, 4) is 23.1 Å². The first kappa shape index (κ1) is 16.2. The fourth-order valence-electron chi connectivity index (χ4n) is 2.53. The zero-order chi connectivity index (χ0) is 17.5. The van der Waals surface area contributed by atoms with E-state index in [4.69, 9.17) is 15.2 Å². The Morgan fingerprint density at radius 3 is 2.54 bits per heavy atom. The maximum atomic E-state index is 12.8. The van der Waals surface area contributed by atoms with Gasteiger partial charge in [0, 0.05) is 11.8 Å². The van der Waals surface area contributed by atoms with Crippen LogP contribution in [0.3, 0.4) is 0 Å². The second kappa shape index (κ2) is 5.77. The van der Waals surface area contributed by atoms with Crippen molar-refractivity contribution < 1.29 is 22.6 Å². The molecule has 1 fully saturated rings. The molecule has 7 nitrogen and oxygen atoms in total. The van der Waals surface area contributed by atoms with Crippen LogP contribution < -0.4 is 15.2 Å². The van der Waals surface area contributed by atoms with Crippen LogP contribution in [0.2, 0.25) is 0 Å². The standard InChI is InChI=1S/C14H14F3N5O2/c1-23-12-8(5-19-13(20-12)24-2)10-4-7(11(18)22-21-10)6-3-9(6)14(15,16)17/h4-6,9H,3H2,1-2H3,(H2,18,22). The zero-order valence-corrected chi connectivity index (χ0v) is 12.8. The van der Waals surface area contributed by atoms with E-state index in [0.717, 1.165) is 0 Å². The van der Waals surface area contributed by atoms with Gasteiger partial charge in [0.1, 0.15) is 11.5 Å². The third-order valence-electron chi connectivity index (χ3n) is 3.85. The molecule has 0 bridgehead atoms. The molecule has 2 N–H and O–H groups in total. The maximum absolute atomic E-state index is 12.8. The van der Waals surface area contributed by atoms with Gasteiger partial charge < -0.3 is 15.2 Å². The van der Waals surface area contributed by atoms with Crippen LogP contribution in [0.15, 0.2) is 12.3 Å². The van der Waals surface area contributed by atoms with Crippen molar-refractivity contribution in [2.45, 2.75) is 18.5 Å². The lowest BCUT2D eigenvalue weighted by Gasteiger charge is -2.10. The number of nitrogens with two attached hydrogens (primary N) is 1. The summed E-state index contributed by atoms with van der Waals surface area (Å²) in [6, 6.07) is 1.57. The summed E-state index contributed by atoms with van der Waals surface area (Å²) in [6.07, 6.45) is -2.85. The Hall–Kier alpha value is -2.65. The van der Waals surface area contributed by atoms with Gasteiger partial charge in [0.2, 0.25) is 5.88 Å². The number of rotatable bonds is 4. The van der Waals surface area contributed by atoms with E-state index in [-0.39, 0.29) is 29.8 Å². The number of methoxy groups -OCH3 is 2. The second-order valence-electron chi connectivity index (χ2n) is 5.34. The van der Waals surface area contributed by atoms with Crippen LogP contribution in [0.1, 0.15) is 17.9 Å². The minimum atomic E-state index is -4.25. The molecule has 2 heterocycles. The summed E-state index contributed by atoms with van der Waals surface area (Å²) in [5, 5.41) is 7.68. The molecule has 1 aliphatic rings. The van der Waals surface area contributed by atoms with Gasteiger partial charge >= 0.3 is 12.2 Å². The Morgan fingerprint density at radius 2 is 1.96 bits per heavy atom.